The van der Waals surface area contributed by atoms with Crippen LogP contribution in [0.5, 0.6) is 0 Å². The number of halogens is 1. The standard InChI is InChI=1S/C18H16BrN/c1-18(2)15-10-12-6-4-3-5-11(12)9-14(15)13-7-8-20-17(19)16(13)18/h3-10,16-17H,1-2H3. The second-order valence-electron chi connectivity index (χ2n) is 6.24. The van der Waals surface area contributed by atoms with E-state index < -0.39 is 0 Å². The first-order valence-electron chi connectivity index (χ1n) is 7.00. The number of hydrogen-bond donors (Lipinski definition) is 0. The van der Waals surface area contributed by atoms with E-state index in [2.05, 4.69) is 77.2 Å². The van der Waals surface area contributed by atoms with Crippen LogP contribution in [-0.4, -0.2) is 11.2 Å². The lowest BCUT2D eigenvalue weighted by Gasteiger charge is -2.32. The molecule has 2 aliphatic rings. The second kappa shape index (κ2) is 4.05. The predicted molar refractivity (Wildman–Crippen MR) is 89.6 cm³/mol. The first-order valence-corrected chi connectivity index (χ1v) is 7.92. The number of dihydropyridines is 1. The minimum atomic E-state index is 0.108. The molecule has 1 nitrogen and oxygen atoms in total. The van der Waals surface area contributed by atoms with E-state index in [1.54, 1.807) is 0 Å². The molecule has 0 saturated carbocycles. The van der Waals surface area contributed by atoms with Gasteiger partial charge in [0.15, 0.2) is 0 Å². The number of nitrogens with zero attached hydrogens (tertiary/aromatic N) is 1. The van der Waals surface area contributed by atoms with E-state index in [-0.39, 0.29) is 10.4 Å². The molecule has 1 heterocycles. The maximum absolute atomic E-state index is 4.54. The lowest BCUT2D eigenvalue weighted by molar-refractivity contribution is 0.408. The first kappa shape index (κ1) is 12.3. The van der Waals surface area contributed by atoms with Crippen molar-refractivity contribution in [3.05, 3.63) is 53.6 Å². The molecule has 2 atom stereocenters. The Labute approximate surface area is 127 Å². The van der Waals surface area contributed by atoms with Crippen LogP contribution in [0.25, 0.3) is 16.3 Å². The van der Waals surface area contributed by atoms with Crippen molar-refractivity contribution in [2.75, 3.05) is 0 Å². The second-order valence-corrected chi connectivity index (χ2v) is 7.18. The Bertz CT molecular complexity index is 770. The highest BCUT2D eigenvalue weighted by atomic mass is 79.9. The molecule has 0 amide bonds. The molecule has 0 spiro atoms. The minimum Gasteiger partial charge on any atom is -0.278 e. The van der Waals surface area contributed by atoms with Crippen molar-refractivity contribution in [1.29, 1.82) is 0 Å². The fourth-order valence-corrected chi connectivity index (χ4v) is 4.80. The van der Waals surface area contributed by atoms with E-state index in [0.717, 1.165) is 0 Å². The molecule has 0 saturated heterocycles. The number of rotatable bonds is 0. The van der Waals surface area contributed by atoms with Gasteiger partial charge in [0, 0.05) is 17.5 Å². The van der Waals surface area contributed by atoms with Gasteiger partial charge in [-0.3, -0.25) is 4.99 Å². The summed E-state index contributed by atoms with van der Waals surface area (Å²) in [7, 11) is 0. The highest BCUT2D eigenvalue weighted by Crippen LogP contribution is 2.54. The average Bonchev–Trinajstić information content (AvgIpc) is 2.66. The fourth-order valence-electron chi connectivity index (χ4n) is 3.71. The Balaban J connectivity index is 2.06. The zero-order chi connectivity index (χ0) is 13.9. The van der Waals surface area contributed by atoms with Gasteiger partial charge in [-0.1, -0.05) is 54.0 Å². The van der Waals surface area contributed by atoms with Crippen molar-refractivity contribution < 1.29 is 0 Å². The molecule has 2 aromatic rings. The third-order valence-electron chi connectivity index (χ3n) is 4.76. The van der Waals surface area contributed by atoms with Crippen LogP contribution in [0, 0.1) is 5.92 Å². The summed E-state index contributed by atoms with van der Waals surface area (Å²) in [5, 5.41) is 2.64. The molecular formula is C18H16BrN. The molecule has 2 unspecified atom stereocenters. The van der Waals surface area contributed by atoms with E-state index in [4.69, 9.17) is 0 Å². The van der Waals surface area contributed by atoms with Crippen molar-refractivity contribution in [3.8, 4) is 0 Å². The monoisotopic (exact) mass is 325 g/mol. The maximum Gasteiger partial charge on any atom is 0.112 e. The lowest BCUT2D eigenvalue weighted by Crippen LogP contribution is -2.31. The fraction of sp³-hybridized carbons (Fsp3) is 0.278. The SMILES string of the molecule is CC1(C)c2cc3ccccc3cc2C2=CC=NC(Br)C21. The summed E-state index contributed by atoms with van der Waals surface area (Å²) in [4.78, 5) is 4.71. The Morgan fingerprint density at radius 2 is 1.80 bits per heavy atom. The van der Waals surface area contributed by atoms with Crippen LogP contribution >= 0.6 is 15.9 Å². The van der Waals surface area contributed by atoms with Gasteiger partial charge in [-0.15, -0.1) is 0 Å². The average molecular weight is 326 g/mol. The number of allylic oxidation sites excluding steroid dienone is 1. The molecule has 2 heteroatoms. The molecule has 0 radical (unpaired) electrons. The van der Waals surface area contributed by atoms with Gasteiger partial charge >= 0.3 is 0 Å². The third kappa shape index (κ3) is 1.51. The zero-order valence-electron chi connectivity index (χ0n) is 11.6. The third-order valence-corrected chi connectivity index (χ3v) is 5.53. The van der Waals surface area contributed by atoms with Crippen LogP contribution in [0.2, 0.25) is 0 Å². The highest BCUT2D eigenvalue weighted by Gasteiger charge is 2.46. The molecule has 1 aliphatic heterocycles. The smallest absolute Gasteiger partial charge is 0.112 e. The summed E-state index contributed by atoms with van der Waals surface area (Å²) in [6.45, 7) is 4.67. The largest absolute Gasteiger partial charge is 0.278 e. The summed E-state index contributed by atoms with van der Waals surface area (Å²) < 4.78 is 0. The van der Waals surface area contributed by atoms with Gasteiger partial charge in [0.25, 0.3) is 0 Å². The molecule has 4 rings (SSSR count). The van der Waals surface area contributed by atoms with Crippen LogP contribution < -0.4 is 0 Å². The molecule has 1 aliphatic carbocycles. The molecule has 100 valence electrons. The Kier molecular flexibility index (Phi) is 2.50. The summed E-state index contributed by atoms with van der Waals surface area (Å²) in [6.07, 6.45) is 4.12. The lowest BCUT2D eigenvalue weighted by atomic mass is 9.77. The first-order chi connectivity index (χ1) is 9.59. The van der Waals surface area contributed by atoms with Crippen molar-refractivity contribution in [2.24, 2.45) is 10.9 Å². The van der Waals surface area contributed by atoms with E-state index >= 15 is 0 Å². The predicted octanol–water partition coefficient (Wildman–Crippen LogP) is 4.94. The Morgan fingerprint density at radius 1 is 1.10 bits per heavy atom. The maximum atomic E-state index is 4.54. The van der Waals surface area contributed by atoms with Gasteiger partial charge < -0.3 is 0 Å². The quantitative estimate of drug-likeness (QED) is 0.480. The number of aliphatic imine (C=N–C) groups is 1. The molecule has 0 aromatic heterocycles. The summed E-state index contributed by atoms with van der Waals surface area (Å²) in [5.74, 6) is 0.416. The van der Waals surface area contributed by atoms with Crippen LogP contribution in [0.3, 0.4) is 0 Å². The van der Waals surface area contributed by atoms with E-state index in [9.17, 15) is 0 Å². The highest BCUT2D eigenvalue weighted by molar-refractivity contribution is 9.09. The van der Waals surface area contributed by atoms with Gasteiger partial charge in [-0.05, 0) is 45.7 Å². The van der Waals surface area contributed by atoms with Crippen molar-refractivity contribution in [2.45, 2.75) is 24.2 Å². The number of fused-ring (bicyclic) bond motifs is 4. The molecular weight excluding hydrogens is 310 g/mol. The number of alkyl halides is 1. The zero-order valence-corrected chi connectivity index (χ0v) is 13.2. The van der Waals surface area contributed by atoms with Crippen LogP contribution in [0.15, 0.2) is 47.5 Å². The molecule has 2 aromatic carbocycles. The number of hydrogen-bond acceptors (Lipinski definition) is 1. The summed E-state index contributed by atoms with van der Waals surface area (Å²) >= 11 is 3.75. The van der Waals surface area contributed by atoms with Gasteiger partial charge in [0.1, 0.15) is 4.95 Å². The van der Waals surface area contributed by atoms with Crippen molar-refractivity contribution >= 4 is 38.5 Å². The summed E-state index contributed by atoms with van der Waals surface area (Å²) in [5.41, 5.74) is 4.38. The van der Waals surface area contributed by atoms with Gasteiger partial charge in [-0.25, -0.2) is 0 Å². The van der Waals surface area contributed by atoms with Crippen LogP contribution in [-0.2, 0) is 5.41 Å². The minimum absolute atomic E-state index is 0.108. The topological polar surface area (TPSA) is 12.4 Å². The molecule has 0 fully saturated rings. The molecule has 0 N–H and O–H groups in total. The van der Waals surface area contributed by atoms with Crippen LogP contribution in [0.4, 0.5) is 0 Å². The van der Waals surface area contributed by atoms with Gasteiger partial charge in [0.2, 0.25) is 0 Å². The Hall–Kier alpha value is -1.41. The summed E-state index contributed by atoms with van der Waals surface area (Å²) in [6, 6.07) is 13.3. The van der Waals surface area contributed by atoms with E-state index in [1.165, 1.54) is 27.5 Å². The van der Waals surface area contributed by atoms with Gasteiger partial charge in [0.05, 0.1) is 0 Å². The Morgan fingerprint density at radius 3 is 2.55 bits per heavy atom. The van der Waals surface area contributed by atoms with Gasteiger partial charge in [-0.2, -0.15) is 0 Å². The van der Waals surface area contributed by atoms with Crippen molar-refractivity contribution in [1.82, 2.24) is 0 Å². The van der Waals surface area contributed by atoms with Crippen molar-refractivity contribution in [3.63, 3.8) is 0 Å². The van der Waals surface area contributed by atoms with Crippen LogP contribution in [0.1, 0.15) is 25.0 Å². The number of benzene rings is 2. The molecule has 20 heavy (non-hydrogen) atoms. The normalized spacial score (nSPS) is 26.2. The molecule has 0 bridgehead atoms. The van der Waals surface area contributed by atoms with E-state index in [0.29, 0.717) is 5.92 Å². The van der Waals surface area contributed by atoms with E-state index in [1.807, 2.05) is 6.21 Å².